The number of nitrogens with one attached hydrogen (secondary N) is 2. The van der Waals surface area contributed by atoms with Gasteiger partial charge in [0.1, 0.15) is 5.92 Å². The van der Waals surface area contributed by atoms with Crippen LogP contribution in [-0.2, 0) is 19.1 Å². The lowest BCUT2D eigenvalue weighted by Crippen LogP contribution is -2.44. The highest BCUT2D eigenvalue weighted by Gasteiger charge is 2.44. The lowest BCUT2D eigenvalue weighted by atomic mass is 9.77. The van der Waals surface area contributed by atoms with Gasteiger partial charge in [0.15, 0.2) is 0 Å². The average molecular weight is 450 g/mol. The zero-order valence-corrected chi connectivity index (χ0v) is 18.8. The molecule has 164 valence electrons. The van der Waals surface area contributed by atoms with Gasteiger partial charge in [-0.25, -0.2) is 0 Å². The second-order valence-electron chi connectivity index (χ2n) is 7.33. The topological polar surface area (TPSA) is 108 Å². The number of para-hydroxylation sites is 1. The van der Waals surface area contributed by atoms with Crippen LogP contribution in [0.1, 0.15) is 22.6 Å². The first kappa shape index (κ1) is 23.1. The molecule has 3 rings (SSSR count). The van der Waals surface area contributed by atoms with Gasteiger partial charge < -0.3 is 15.4 Å². The Bertz CT molecular complexity index is 1140. The van der Waals surface area contributed by atoms with Crippen molar-refractivity contribution in [1.29, 1.82) is 5.26 Å². The van der Waals surface area contributed by atoms with Crippen LogP contribution in [0.15, 0.2) is 59.1 Å². The maximum absolute atomic E-state index is 12.9. The Morgan fingerprint density at radius 3 is 2.41 bits per heavy atom. The largest absolute Gasteiger partial charge is 0.468 e. The summed E-state index contributed by atoms with van der Waals surface area (Å²) in [6.07, 6.45) is 0. The first-order valence-corrected chi connectivity index (χ1v) is 10.9. The fourth-order valence-corrected chi connectivity index (χ4v) is 4.48. The number of allylic oxidation sites excluding steroid dienone is 1. The van der Waals surface area contributed by atoms with E-state index in [9.17, 15) is 19.6 Å². The zero-order chi connectivity index (χ0) is 23.3. The van der Waals surface area contributed by atoms with Crippen LogP contribution in [0.2, 0.25) is 0 Å². The van der Waals surface area contributed by atoms with E-state index in [0.717, 1.165) is 22.9 Å². The van der Waals surface area contributed by atoms with Gasteiger partial charge in [-0.3, -0.25) is 14.4 Å². The van der Waals surface area contributed by atoms with E-state index in [2.05, 4.69) is 16.7 Å². The third kappa shape index (κ3) is 4.84. The van der Waals surface area contributed by atoms with Crippen molar-refractivity contribution in [2.75, 3.05) is 18.2 Å². The van der Waals surface area contributed by atoms with E-state index < -0.39 is 23.7 Å². The number of thioether (sulfide) groups is 1. The van der Waals surface area contributed by atoms with Gasteiger partial charge in [0.2, 0.25) is 11.8 Å². The van der Waals surface area contributed by atoms with Crippen molar-refractivity contribution in [1.82, 2.24) is 5.32 Å². The molecule has 0 fully saturated rings. The number of ether oxygens (including phenoxy) is 1. The van der Waals surface area contributed by atoms with E-state index in [0.29, 0.717) is 11.3 Å². The number of aryl methyl sites for hydroxylation is 2. The summed E-state index contributed by atoms with van der Waals surface area (Å²) in [5, 5.41) is 15.7. The number of amides is 2. The minimum absolute atomic E-state index is 0.0154. The molecule has 2 atom stereocenters. The second-order valence-corrected chi connectivity index (χ2v) is 8.32. The summed E-state index contributed by atoms with van der Waals surface area (Å²) in [7, 11) is 1.21. The number of nitrogens with zero attached hydrogens (tertiary/aromatic N) is 1. The molecule has 0 aliphatic carbocycles. The molecule has 0 saturated carbocycles. The summed E-state index contributed by atoms with van der Waals surface area (Å²) >= 11 is 1.05. The highest BCUT2D eigenvalue weighted by Crippen LogP contribution is 2.41. The summed E-state index contributed by atoms with van der Waals surface area (Å²) in [5.41, 5.74) is 3.38. The number of carbonyl (C=O) groups excluding carboxylic acids is 3. The van der Waals surface area contributed by atoms with E-state index in [1.165, 1.54) is 7.11 Å². The number of methoxy groups -OCH3 is 1. The Morgan fingerprint density at radius 2 is 1.78 bits per heavy atom. The van der Waals surface area contributed by atoms with Crippen LogP contribution < -0.4 is 10.6 Å². The summed E-state index contributed by atoms with van der Waals surface area (Å²) < 4.78 is 4.85. The molecule has 2 aromatic carbocycles. The number of rotatable bonds is 6. The van der Waals surface area contributed by atoms with Gasteiger partial charge in [-0.1, -0.05) is 54.2 Å². The van der Waals surface area contributed by atoms with E-state index in [1.807, 2.05) is 44.2 Å². The first-order valence-electron chi connectivity index (χ1n) is 9.94. The Hall–Kier alpha value is -3.57. The molecule has 8 heteroatoms. The Morgan fingerprint density at radius 1 is 1.12 bits per heavy atom. The van der Waals surface area contributed by atoms with Crippen molar-refractivity contribution < 1.29 is 19.1 Å². The molecule has 2 unspecified atom stereocenters. The van der Waals surface area contributed by atoms with Gasteiger partial charge in [-0.05, 0) is 36.6 Å². The van der Waals surface area contributed by atoms with Crippen LogP contribution in [0.4, 0.5) is 5.69 Å². The number of nitriles is 1. The normalized spacial score (nSPS) is 17.9. The van der Waals surface area contributed by atoms with Crippen molar-refractivity contribution in [2.45, 2.75) is 19.8 Å². The number of hydrogen-bond acceptors (Lipinski definition) is 6. The molecule has 2 N–H and O–H groups in total. The Balaban J connectivity index is 1.92. The van der Waals surface area contributed by atoms with Gasteiger partial charge in [-0.2, -0.15) is 5.26 Å². The zero-order valence-electron chi connectivity index (χ0n) is 18.0. The Labute approximate surface area is 190 Å². The van der Waals surface area contributed by atoms with Crippen LogP contribution in [-0.4, -0.2) is 30.6 Å². The van der Waals surface area contributed by atoms with E-state index in [-0.39, 0.29) is 22.3 Å². The maximum atomic E-state index is 12.9. The quantitative estimate of drug-likeness (QED) is 0.517. The lowest BCUT2D eigenvalue weighted by molar-refractivity contribution is -0.150. The minimum Gasteiger partial charge on any atom is -0.468 e. The van der Waals surface area contributed by atoms with Gasteiger partial charge in [-0.15, -0.1) is 0 Å². The third-order valence-corrected chi connectivity index (χ3v) is 6.29. The molecule has 1 aliphatic rings. The van der Waals surface area contributed by atoms with Gasteiger partial charge in [0, 0.05) is 11.6 Å². The third-order valence-electron chi connectivity index (χ3n) is 5.27. The SMILES string of the molecule is COC(=O)C1C(=O)NC(SCC(=O)Nc2ccccc2C)=C(C#N)C1c1ccccc1C. The van der Waals surface area contributed by atoms with Crippen LogP contribution in [0.5, 0.6) is 0 Å². The number of hydrogen-bond donors (Lipinski definition) is 2. The molecule has 0 bridgehead atoms. The van der Waals surface area contributed by atoms with Crippen LogP contribution in [0.3, 0.4) is 0 Å². The van der Waals surface area contributed by atoms with E-state index >= 15 is 0 Å². The molecule has 32 heavy (non-hydrogen) atoms. The number of carbonyl (C=O) groups is 3. The predicted octanol–water partition coefficient (Wildman–Crippen LogP) is 3.41. The molecule has 2 aromatic rings. The van der Waals surface area contributed by atoms with E-state index in [1.54, 1.807) is 18.2 Å². The molecule has 1 aliphatic heterocycles. The second kappa shape index (κ2) is 10.2. The van der Waals surface area contributed by atoms with Crippen LogP contribution in [0.25, 0.3) is 0 Å². The molecule has 0 aromatic heterocycles. The van der Waals surface area contributed by atoms with Gasteiger partial charge in [0.05, 0.1) is 29.5 Å². The molecule has 0 saturated heterocycles. The van der Waals surface area contributed by atoms with Crippen molar-refractivity contribution >= 4 is 35.2 Å². The predicted molar refractivity (Wildman–Crippen MR) is 122 cm³/mol. The van der Waals surface area contributed by atoms with Crippen LogP contribution >= 0.6 is 11.8 Å². The highest BCUT2D eigenvalue weighted by atomic mass is 32.2. The monoisotopic (exact) mass is 449 g/mol. The molecular formula is C24H23N3O4S. The van der Waals surface area contributed by atoms with Crippen molar-refractivity contribution in [3.63, 3.8) is 0 Å². The summed E-state index contributed by atoms with van der Waals surface area (Å²) in [6, 6.07) is 16.8. The average Bonchev–Trinajstić information content (AvgIpc) is 2.78. The molecule has 1 heterocycles. The molecule has 2 amide bonds. The fraction of sp³-hybridized carbons (Fsp3) is 0.250. The molecule has 0 spiro atoms. The summed E-state index contributed by atoms with van der Waals surface area (Å²) in [6.45, 7) is 3.74. The maximum Gasteiger partial charge on any atom is 0.319 e. The van der Waals surface area contributed by atoms with E-state index in [4.69, 9.17) is 4.74 Å². The van der Waals surface area contributed by atoms with Crippen molar-refractivity contribution in [3.05, 3.63) is 75.8 Å². The number of anilines is 1. The first-order chi connectivity index (χ1) is 15.4. The number of benzene rings is 2. The minimum atomic E-state index is -1.19. The van der Waals surface area contributed by atoms with Gasteiger partial charge >= 0.3 is 5.97 Å². The highest BCUT2D eigenvalue weighted by molar-refractivity contribution is 8.03. The summed E-state index contributed by atoms with van der Waals surface area (Å²) in [4.78, 5) is 37.8. The van der Waals surface area contributed by atoms with Crippen LogP contribution in [0, 0.1) is 31.1 Å². The Kier molecular flexibility index (Phi) is 7.33. The number of esters is 1. The standard InChI is InChI=1S/C24H23N3O4S/c1-14-8-4-6-10-16(14)20-17(12-25)23(27-22(29)21(20)24(30)31-3)32-13-19(28)26-18-11-7-5-9-15(18)2/h4-11,20-21H,13H2,1-3H3,(H,26,28)(H,27,29). The molecule has 0 radical (unpaired) electrons. The molecule has 7 nitrogen and oxygen atoms in total. The van der Waals surface area contributed by atoms with Gasteiger partial charge in [0.25, 0.3) is 0 Å². The summed E-state index contributed by atoms with van der Waals surface area (Å²) in [5.74, 6) is -3.56. The van der Waals surface area contributed by atoms with Crippen molar-refractivity contribution in [3.8, 4) is 6.07 Å². The van der Waals surface area contributed by atoms with Crippen molar-refractivity contribution in [2.24, 2.45) is 5.92 Å². The lowest BCUT2D eigenvalue weighted by Gasteiger charge is -2.31. The molecular weight excluding hydrogens is 426 g/mol. The fourth-order valence-electron chi connectivity index (χ4n) is 3.63. The smallest absolute Gasteiger partial charge is 0.319 e.